The number of aromatic nitrogens is 1. The van der Waals surface area contributed by atoms with Crippen LogP contribution in [0.3, 0.4) is 0 Å². The van der Waals surface area contributed by atoms with Crippen molar-refractivity contribution in [3.05, 3.63) is 162 Å². The van der Waals surface area contributed by atoms with Crippen molar-refractivity contribution in [2.75, 3.05) is 5.32 Å². The second kappa shape index (κ2) is 13.0. The van der Waals surface area contributed by atoms with Gasteiger partial charge >= 0.3 is 0 Å². The molecule has 5 heteroatoms. The highest BCUT2D eigenvalue weighted by Gasteiger charge is 2.43. The van der Waals surface area contributed by atoms with Crippen molar-refractivity contribution in [2.45, 2.75) is 71.6 Å². The van der Waals surface area contributed by atoms with E-state index in [1.807, 2.05) is 22.7 Å². The fourth-order valence-electron chi connectivity index (χ4n) is 11.2. The molecule has 0 spiro atoms. The first-order chi connectivity index (χ1) is 30.7. The van der Waals surface area contributed by atoms with Crippen molar-refractivity contribution >= 4 is 114 Å². The van der Waals surface area contributed by atoms with Crippen LogP contribution in [0.4, 0.5) is 11.4 Å². The molecule has 309 valence electrons. The third-order valence-electron chi connectivity index (χ3n) is 14.5. The SMILES string of the molecule is CC(C)(C)c1ccc(Nc2cc3sc4ccccc4c3cc2-c2c3c(c4c5cc(C(C)(C)C)ccc5n5c4c2[B]c2cc4sc6ccccc6c4cc2-5)C(C)(C)c2ccccc2-3)cc1. The summed E-state index contributed by atoms with van der Waals surface area (Å²) < 4.78 is 7.90. The van der Waals surface area contributed by atoms with Crippen LogP contribution in [-0.2, 0) is 16.2 Å². The van der Waals surface area contributed by atoms with E-state index in [0.717, 1.165) is 11.4 Å². The molecule has 1 radical (unpaired) electrons. The van der Waals surface area contributed by atoms with Crippen LogP contribution in [0.5, 0.6) is 0 Å². The Bertz CT molecular complexity index is 3820. The Morgan fingerprint density at radius 1 is 0.547 bits per heavy atom. The Balaban J connectivity index is 1.21. The maximum absolute atomic E-state index is 4.05. The van der Waals surface area contributed by atoms with Gasteiger partial charge in [0, 0.05) is 84.7 Å². The number of benzene rings is 8. The number of anilines is 2. The molecule has 0 fully saturated rings. The van der Waals surface area contributed by atoms with Crippen LogP contribution in [0, 0.1) is 0 Å². The molecule has 2 aliphatic rings. The van der Waals surface area contributed by atoms with Crippen LogP contribution in [-0.4, -0.2) is 11.8 Å². The molecular formula is C59H48BN2S2. The lowest BCUT2D eigenvalue weighted by molar-refractivity contribution is 0.590. The summed E-state index contributed by atoms with van der Waals surface area (Å²) in [4.78, 5) is 0. The van der Waals surface area contributed by atoms with Gasteiger partial charge in [-0.15, -0.1) is 22.7 Å². The van der Waals surface area contributed by atoms with Crippen molar-refractivity contribution in [2.24, 2.45) is 0 Å². The second-order valence-corrected chi connectivity index (χ2v) is 23.0. The monoisotopic (exact) mass is 859 g/mol. The maximum Gasteiger partial charge on any atom is 0.198 e. The van der Waals surface area contributed by atoms with Gasteiger partial charge in [0.2, 0.25) is 0 Å². The van der Waals surface area contributed by atoms with Gasteiger partial charge in [-0.05, 0) is 116 Å². The molecule has 0 unspecified atom stereocenters. The molecule has 0 bridgehead atoms. The minimum atomic E-state index is -0.264. The Hall–Kier alpha value is -6.14. The largest absolute Gasteiger partial charge is 0.355 e. The van der Waals surface area contributed by atoms with Crippen LogP contribution in [0.2, 0.25) is 0 Å². The Kier molecular flexibility index (Phi) is 7.78. The molecule has 11 aromatic rings. The van der Waals surface area contributed by atoms with Gasteiger partial charge in [-0.1, -0.05) is 140 Å². The molecule has 0 amide bonds. The highest BCUT2D eigenvalue weighted by molar-refractivity contribution is 7.26. The van der Waals surface area contributed by atoms with Gasteiger partial charge in [-0.25, -0.2) is 0 Å². The first kappa shape index (κ1) is 38.3. The Labute approximate surface area is 383 Å². The number of rotatable bonds is 3. The summed E-state index contributed by atoms with van der Waals surface area (Å²) >= 11 is 3.79. The van der Waals surface area contributed by atoms with Crippen LogP contribution < -0.4 is 16.2 Å². The van der Waals surface area contributed by atoms with E-state index in [1.165, 1.54) is 123 Å². The average Bonchev–Trinajstić information content (AvgIpc) is 3.99. The lowest BCUT2D eigenvalue weighted by Crippen LogP contribution is -2.38. The third kappa shape index (κ3) is 5.32. The summed E-state index contributed by atoms with van der Waals surface area (Å²) in [6.07, 6.45) is 0. The normalized spacial score (nSPS) is 14.2. The maximum atomic E-state index is 4.05. The molecular weight excluding hydrogens is 812 g/mol. The zero-order valence-electron chi connectivity index (χ0n) is 37.6. The van der Waals surface area contributed by atoms with E-state index in [1.54, 1.807) is 0 Å². The molecule has 64 heavy (non-hydrogen) atoms. The molecule has 2 nitrogen and oxygen atoms in total. The Morgan fingerprint density at radius 3 is 1.88 bits per heavy atom. The van der Waals surface area contributed by atoms with Crippen molar-refractivity contribution in [1.29, 1.82) is 0 Å². The van der Waals surface area contributed by atoms with Gasteiger partial charge < -0.3 is 9.88 Å². The number of hydrogen-bond donors (Lipinski definition) is 1. The lowest BCUT2D eigenvalue weighted by atomic mass is 9.57. The fourth-order valence-corrected chi connectivity index (χ4v) is 13.5. The zero-order chi connectivity index (χ0) is 43.6. The van der Waals surface area contributed by atoms with E-state index in [4.69, 9.17) is 0 Å². The molecule has 0 saturated heterocycles. The average molecular weight is 860 g/mol. The topological polar surface area (TPSA) is 17.0 Å². The number of fused-ring (bicyclic) bond motifs is 15. The molecule has 3 aromatic heterocycles. The van der Waals surface area contributed by atoms with Crippen molar-refractivity contribution in [1.82, 2.24) is 4.57 Å². The number of hydrogen-bond acceptors (Lipinski definition) is 3. The minimum Gasteiger partial charge on any atom is -0.355 e. The molecule has 1 N–H and O–H groups in total. The van der Waals surface area contributed by atoms with Gasteiger partial charge in [0.25, 0.3) is 0 Å². The van der Waals surface area contributed by atoms with Gasteiger partial charge in [0.05, 0.1) is 5.52 Å². The summed E-state index contributed by atoms with van der Waals surface area (Å²) in [5.74, 6) is 0. The van der Waals surface area contributed by atoms with E-state index < -0.39 is 0 Å². The highest BCUT2D eigenvalue weighted by Crippen LogP contribution is 2.58. The predicted molar refractivity (Wildman–Crippen MR) is 282 cm³/mol. The summed E-state index contributed by atoms with van der Waals surface area (Å²) in [5.41, 5.74) is 19.1. The summed E-state index contributed by atoms with van der Waals surface area (Å²) in [7, 11) is 2.55. The molecule has 0 saturated carbocycles. The molecule has 1 aliphatic carbocycles. The lowest BCUT2D eigenvalue weighted by Gasteiger charge is -2.29. The molecule has 4 heterocycles. The number of thiophene rings is 2. The van der Waals surface area contributed by atoms with E-state index in [0.29, 0.717) is 0 Å². The van der Waals surface area contributed by atoms with Crippen molar-refractivity contribution in [3.8, 4) is 27.9 Å². The van der Waals surface area contributed by atoms with E-state index in [9.17, 15) is 0 Å². The molecule has 8 aromatic carbocycles. The van der Waals surface area contributed by atoms with E-state index >= 15 is 0 Å². The zero-order valence-corrected chi connectivity index (χ0v) is 39.3. The van der Waals surface area contributed by atoms with E-state index in [2.05, 4.69) is 212 Å². The minimum absolute atomic E-state index is 0.0105. The van der Waals surface area contributed by atoms with Gasteiger partial charge in [-0.3, -0.25) is 0 Å². The van der Waals surface area contributed by atoms with Gasteiger partial charge in [0.1, 0.15) is 0 Å². The summed E-state index contributed by atoms with van der Waals surface area (Å²) in [5, 5.41) is 12.0. The predicted octanol–water partition coefficient (Wildman–Crippen LogP) is 15.8. The van der Waals surface area contributed by atoms with Crippen molar-refractivity contribution < 1.29 is 0 Å². The van der Waals surface area contributed by atoms with Crippen molar-refractivity contribution in [3.63, 3.8) is 0 Å². The Morgan fingerprint density at radius 2 is 1.17 bits per heavy atom. The van der Waals surface area contributed by atoms with Crippen LogP contribution in [0.25, 0.3) is 90.1 Å². The first-order valence-corrected chi connectivity index (χ1v) is 24.3. The summed E-state index contributed by atoms with van der Waals surface area (Å²) in [6, 6.07) is 53.4. The van der Waals surface area contributed by atoms with E-state index in [-0.39, 0.29) is 16.2 Å². The molecule has 13 rings (SSSR count). The first-order valence-electron chi connectivity index (χ1n) is 22.7. The fraction of sp³-hybridized carbons (Fsp3) is 0.186. The number of nitrogens with zero attached hydrogens (tertiary/aromatic N) is 1. The third-order valence-corrected chi connectivity index (χ3v) is 16.8. The standard InChI is InChI=1S/C59H48BN2S2/c1-57(2,3)32-21-24-34(25-22-32)61-44-31-50-38(35-15-10-13-19-47(35)64-50)28-40(44)52-51-37-17-9-12-18-42(37)59(7,8)54(51)53-41-27-33(58(4,5)6)23-26-45(41)62-46-29-39-36-16-11-14-20-48(36)63-49(39)30-43(46)60-55(52)56(53)62/h9-31,61H,1-8H3. The number of nitrogens with one attached hydrogen (secondary N) is 1. The smallest absolute Gasteiger partial charge is 0.198 e. The van der Waals surface area contributed by atoms with Crippen LogP contribution >= 0.6 is 22.7 Å². The van der Waals surface area contributed by atoms with Crippen LogP contribution in [0.1, 0.15) is 77.6 Å². The molecule has 0 atom stereocenters. The highest BCUT2D eigenvalue weighted by atomic mass is 32.1. The van der Waals surface area contributed by atoms with Crippen LogP contribution in [0.15, 0.2) is 140 Å². The molecule has 1 aliphatic heterocycles. The quantitative estimate of drug-likeness (QED) is 0.175. The van der Waals surface area contributed by atoms with Gasteiger partial charge in [0.15, 0.2) is 7.28 Å². The summed E-state index contributed by atoms with van der Waals surface area (Å²) in [6.45, 7) is 18.8. The second-order valence-electron chi connectivity index (χ2n) is 20.8. The van der Waals surface area contributed by atoms with Gasteiger partial charge in [-0.2, -0.15) is 0 Å².